The number of nitrogens with zero attached hydrogens (tertiary/aromatic N) is 1. The summed E-state index contributed by atoms with van der Waals surface area (Å²) in [5, 5.41) is 2.96. The Bertz CT molecular complexity index is 930. The van der Waals surface area contributed by atoms with E-state index in [2.05, 4.69) is 5.32 Å². The fraction of sp³-hybridized carbons (Fsp3) is 0.409. The number of hydrogen-bond acceptors (Lipinski definition) is 4. The minimum absolute atomic E-state index is 0.125. The van der Waals surface area contributed by atoms with E-state index in [0.717, 1.165) is 22.4 Å². The van der Waals surface area contributed by atoms with Gasteiger partial charge >= 0.3 is 0 Å². The lowest BCUT2D eigenvalue weighted by atomic mass is 10.0. The average molecular weight is 419 g/mol. The number of anilines is 2. The number of aryl methyl sites for hydroxylation is 3. The molecule has 0 aliphatic rings. The maximum atomic E-state index is 12.4. The Hall–Kier alpha value is -2.54. The third kappa shape index (κ3) is 6.49. The molecule has 2 aromatic rings. The van der Waals surface area contributed by atoms with Gasteiger partial charge in [0.25, 0.3) is 0 Å². The van der Waals surface area contributed by atoms with Gasteiger partial charge in [0.05, 0.1) is 18.6 Å². The van der Waals surface area contributed by atoms with Crippen molar-refractivity contribution in [3.63, 3.8) is 0 Å². The van der Waals surface area contributed by atoms with Crippen molar-refractivity contribution in [2.75, 3.05) is 29.0 Å². The van der Waals surface area contributed by atoms with Crippen LogP contribution in [-0.4, -0.2) is 33.7 Å². The standard InChI is InChI=1S/C22H30N2O4S/c1-6-28-20-11-9-19(10-12-20)24(29(5,26)27)13-7-8-21(25)23-22-17(3)14-16(2)15-18(22)4/h9-12,14-15H,6-8,13H2,1-5H3,(H,23,25). The predicted octanol–water partition coefficient (Wildman–Crippen LogP) is 4.20. The largest absolute Gasteiger partial charge is 0.494 e. The van der Waals surface area contributed by atoms with E-state index in [0.29, 0.717) is 24.5 Å². The topological polar surface area (TPSA) is 75.7 Å². The summed E-state index contributed by atoms with van der Waals surface area (Å²) in [7, 11) is -3.46. The molecular formula is C22H30N2O4S. The Morgan fingerprint density at radius 1 is 1.07 bits per heavy atom. The summed E-state index contributed by atoms with van der Waals surface area (Å²) in [6, 6.07) is 11.0. The normalized spacial score (nSPS) is 11.2. The van der Waals surface area contributed by atoms with Gasteiger partial charge in [-0.1, -0.05) is 17.7 Å². The van der Waals surface area contributed by atoms with Gasteiger partial charge in [-0.05, 0) is 69.5 Å². The molecular weight excluding hydrogens is 388 g/mol. The molecule has 0 aromatic heterocycles. The molecule has 0 unspecified atom stereocenters. The Labute approximate surface area is 173 Å². The van der Waals surface area contributed by atoms with Crippen molar-refractivity contribution in [2.45, 2.75) is 40.5 Å². The van der Waals surface area contributed by atoms with Crippen LogP contribution in [0.2, 0.25) is 0 Å². The smallest absolute Gasteiger partial charge is 0.232 e. The molecule has 2 rings (SSSR count). The van der Waals surface area contributed by atoms with E-state index in [1.807, 2.05) is 39.8 Å². The van der Waals surface area contributed by atoms with Gasteiger partial charge in [-0.3, -0.25) is 9.10 Å². The molecule has 0 aliphatic carbocycles. The number of amides is 1. The Morgan fingerprint density at radius 2 is 1.66 bits per heavy atom. The second-order valence-electron chi connectivity index (χ2n) is 7.19. The summed E-state index contributed by atoms with van der Waals surface area (Å²) in [5.41, 5.74) is 4.57. The zero-order valence-electron chi connectivity index (χ0n) is 17.8. The number of hydrogen-bond donors (Lipinski definition) is 1. The minimum Gasteiger partial charge on any atom is -0.494 e. The zero-order chi connectivity index (χ0) is 21.6. The van der Waals surface area contributed by atoms with Crippen LogP contribution in [0.3, 0.4) is 0 Å². The quantitative estimate of drug-likeness (QED) is 0.662. The average Bonchev–Trinajstić information content (AvgIpc) is 2.62. The molecule has 6 nitrogen and oxygen atoms in total. The van der Waals surface area contributed by atoms with Crippen molar-refractivity contribution in [2.24, 2.45) is 0 Å². The third-order valence-electron chi connectivity index (χ3n) is 4.54. The molecule has 0 heterocycles. The molecule has 1 N–H and O–H groups in total. The Morgan fingerprint density at radius 3 is 2.17 bits per heavy atom. The fourth-order valence-corrected chi connectivity index (χ4v) is 4.29. The van der Waals surface area contributed by atoms with Crippen molar-refractivity contribution in [3.05, 3.63) is 53.1 Å². The number of benzene rings is 2. The van der Waals surface area contributed by atoms with Crippen LogP contribution in [-0.2, 0) is 14.8 Å². The lowest BCUT2D eigenvalue weighted by Gasteiger charge is -2.22. The van der Waals surface area contributed by atoms with Crippen LogP contribution in [0.25, 0.3) is 0 Å². The van der Waals surface area contributed by atoms with Crippen molar-refractivity contribution in [1.82, 2.24) is 0 Å². The molecule has 0 bridgehead atoms. The second kappa shape index (κ2) is 9.78. The fourth-order valence-electron chi connectivity index (χ4n) is 3.32. The Balaban J connectivity index is 2.01. The van der Waals surface area contributed by atoms with Crippen LogP contribution in [0, 0.1) is 20.8 Å². The first-order chi connectivity index (χ1) is 13.6. The summed E-state index contributed by atoms with van der Waals surface area (Å²) >= 11 is 0. The molecule has 0 spiro atoms. The van der Waals surface area contributed by atoms with Crippen LogP contribution in [0.5, 0.6) is 5.75 Å². The number of nitrogens with one attached hydrogen (secondary N) is 1. The van der Waals surface area contributed by atoms with Gasteiger partial charge in [-0.25, -0.2) is 8.42 Å². The summed E-state index contributed by atoms with van der Waals surface area (Å²) in [5.74, 6) is 0.563. The molecule has 0 saturated heterocycles. The highest BCUT2D eigenvalue weighted by Gasteiger charge is 2.18. The van der Waals surface area contributed by atoms with E-state index >= 15 is 0 Å². The number of sulfonamides is 1. The molecule has 0 atom stereocenters. The van der Waals surface area contributed by atoms with E-state index in [1.165, 1.54) is 10.6 Å². The molecule has 2 aromatic carbocycles. The molecule has 7 heteroatoms. The molecule has 158 valence electrons. The van der Waals surface area contributed by atoms with Crippen LogP contribution < -0.4 is 14.4 Å². The van der Waals surface area contributed by atoms with E-state index in [1.54, 1.807) is 24.3 Å². The van der Waals surface area contributed by atoms with Crippen molar-refractivity contribution in [3.8, 4) is 5.75 Å². The highest BCUT2D eigenvalue weighted by molar-refractivity contribution is 7.92. The Kier molecular flexibility index (Phi) is 7.67. The van der Waals surface area contributed by atoms with E-state index in [9.17, 15) is 13.2 Å². The molecule has 29 heavy (non-hydrogen) atoms. The summed E-state index contributed by atoms with van der Waals surface area (Å²) in [6.45, 7) is 8.61. The second-order valence-corrected chi connectivity index (χ2v) is 9.09. The first-order valence-corrected chi connectivity index (χ1v) is 11.5. The number of carbonyl (C=O) groups is 1. The van der Waals surface area contributed by atoms with E-state index in [-0.39, 0.29) is 18.9 Å². The van der Waals surface area contributed by atoms with Crippen LogP contribution >= 0.6 is 0 Å². The van der Waals surface area contributed by atoms with E-state index in [4.69, 9.17) is 4.74 Å². The van der Waals surface area contributed by atoms with Gasteiger partial charge in [-0.2, -0.15) is 0 Å². The maximum absolute atomic E-state index is 12.4. The highest BCUT2D eigenvalue weighted by Crippen LogP contribution is 2.24. The maximum Gasteiger partial charge on any atom is 0.232 e. The first-order valence-electron chi connectivity index (χ1n) is 9.70. The SMILES string of the molecule is CCOc1ccc(N(CCCC(=O)Nc2c(C)cc(C)cc2C)S(C)(=O)=O)cc1. The summed E-state index contributed by atoms with van der Waals surface area (Å²) < 4.78 is 31.2. The zero-order valence-corrected chi connectivity index (χ0v) is 18.6. The van der Waals surface area contributed by atoms with Crippen LogP contribution in [0.4, 0.5) is 11.4 Å². The first kappa shape index (κ1) is 22.7. The van der Waals surface area contributed by atoms with Gasteiger partial charge in [0.2, 0.25) is 15.9 Å². The highest BCUT2D eigenvalue weighted by atomic mass is 32.2. The molecule has 0 aliphatic heterocycles. The monoisotopic (exact) mass is 418 g/mol. The summed E-state index contributed by atoms with van der Waals surface area (Å²) in [6.07, 6.45) is 1.81. The lowest BCUT2D eigenvalue weighted by Crippen LogP contribution is -2.31. The molecule has 1 amide bonds. The number of carbonyl (C=O) groups excluding carboxylic acids is 1. The number of ether oxygens (including phenoxy) is 1. The van der Waals surface area contributed by atoms with Gasteiger partial charge in [0.1, 0.15) is 5.75 Å². The predicted molar refractivity (Wildman–Crippen MR) is 118 cm³/mol. The molecule has 0 saturated carbocycles. The minimum atomic E-state index is -3.46. The molecule has 0 radical (unpaired) electrons. The van der Waals surface area contributed by atoms with Crippen molar-refractivity contribution < 1.29 is 17.9 Å². The third-order valence-corrected chi connectivity index (χ3v) is 5.74. The van der Waals surface area contributed by atoms with Crippen LogP contribution in [0.15, 0.2) is 36.4 Å². The van der Waals surface area contributed by atoms with Crippen molar-refractivity contribution >= 4 is 27.3 Å². The molecule has 0 fully saturated rings. The van der Waals surface area contributed by atoms with Crippen molar-refractivity contribution in [1.29, 1.82) is 0 Å². The van der Waals surface area contributed by atoms with Gasteiger partial charge in [0.15, 0.2) is 0 Å². The van der Waals surface area contributed by atoms with Crippen LogP contribution in [0.1, 0.15) is 36.5 Å². The lowest BCUT2D eigenvalue weighted by molar-refractivity contribution is -0.116. The van der Waals surface area contributed by atoms with Gasteiger partial charge in [-0.15, -0.1) is 0 Å². The van der Waals surface area contributed by atoms with Gasteiger partial charge in [0, 0.05) is 18.7 Å². The van der Waals surface area contributed by atoms with Gasteiger partial charge < -0.3 is 10.1 Å². The van der Waals surface area contributed by atoms with E-state index < -0.39 is 10.0 Å². The number of rotatable bonds is 9. The summed E-state index contributed by atoms with van der Waals surface area (Å²) in [4.78, 5) is 12.4.